The van der Waals surface area contributed by atoms with Crippen LogP contribution in [0.4, 0.5) is 0 Å². The van der Waals surface area contributed by atoms with Gasteiger partial charge in [-0.15, -0.1) is 0 Å². The number of ether oxygens (including phenoxy) is 4. The van der Waals surface area contributed by atoms with E-state index >= 15 is 0 Å². The first-order valence-corrected chi connectivity index (χ1v) is 14.6. The molecule has 4 heteroatoms. The first-order valence-electron chi connectivity index (χ1n) is 14.6. The summed E-state index contributed by atoms with van der Waals surface area (Å²) in [5, 5.41) is 0. The highest BCUT2D eigenvalue weighted by molar-refractivity contribution is 5.58. The van der Waals surface area contributed by atoms with Crippen molar-refractivity contribution in [2.24, 2.45) is 0 Å². The molecule has 0 aromatic heterocycles. The summed E-state index contributed by atoms with van der Waals surface area (Å²) in [7, 11) is 3.47. The SMILES string of the molecule is CCC(C)c1c2c(c(OCCOc3c(COC)cc(C(C)C)cc3COC)c3c1CCCC3)CCCC2. The van der Waals surface area contributed by atoms with Crippen molar-refractivity contribution in [2.45, 2.75) is 111 Å². The standard InChI is InChI=1S/C33H48O4/c1-7-23(4)31-27-12-8-10-14-29(27)33(30-15-11-9-13-28(30)31)37-17-16-36-32-25(20-34-5)18-24(22(2)3)19-26(32)21-35-6/h18-19,22-23H,7-17,20-21H2,1-6H3. The van der Waals surface area contributed by atoms with Gasteiger partial charge < -0.3 is 18.9 Å². The van der Waals surface area contributed by atoms with E-state index in [1.54, 1.807) is 30.9 Å². The Morgan fingerprint density at radius 2 is 1.14 bits per heavy atom. The Labute approximate surface area is 225 Å². The van der Waals surface area contributed by atoms with Crippen molar-refractivity contribution in [3.63, 3.8) is 0 Å². The summed E-state index contributed by atoms with van der Waals surface area (Å²) in [6.07, 6.45) is 11.0. The van der Waals surface area contributed by atoms with Crippen molar-refractivity contribution < 1.29 is 18.9 Å². The summed E-state index contributed by atoms with van der Waals surface area (Å²) in [6, 6.07) is 4.42. The van der Waals surface area contributed by atoms with E-state index in [2.05, 4.69) is 39.8 Å². The van der Waals surface area contributed by atoms with Gasteiger partial charge in [-0.2, -0.15) is 0 Å². The van der Waals surface area contributed by atoms with Gasteiger partial charge in [0, 0.05) is 25.3 Å². The molecule has 2 aliphatic carbocycles. The lowest BCUT2D eigenvalue weighted by molar-refractivity contribution is 0.163. The van der Waals surface area contributed by atoms with Gasteiger partial charge in [0.1, 0.15) is 24.7 Å². The average molecular weight is 509 g/mol. The maximum atomic E-state index is 6.67. The molecule has 0 saturated carbocycles. The zero-order valence-corrected chi connectivity index (χ0v) is 24.1. The molecule has 1 unspecified atom stereocenters. The average Bonchev–Trinajstić information content (AvgIpc) is 2.91. The van der Waals surface area contributed by atoms with E-state index in [4.69, 9.17) is 18.9 Å². The summed E-state index contributed by atoms with van der Waals surface area (Å²) >= 11 is 0. The van der Waals surface area contributed by atoms with E-state index in [9.17, 15) is 0 Å². The Hall–Kier alpha value is -2.04. The van der Waals surface area contributed by atoms with Gasteiger partial charge in [-0.3, -0.25) is 0 Å². The number of hydrogen-bond acceptors (Lipinski definition) is 4. The number of fused-ring (bicyclic) bond motifs is 2. The van der Waals surface area contributed by atoms with Crippen LogP contribution < -0.4 is 9.47 Å². The van der Waals surface area contributed by atoms with Crippen molar-refractivity contribution in [3.05, 3.63) is 56.6 Å². The van der Waals surface area contributed by atoms with Crippen molar-refractivity contribution >= 4 is 0 Å². The fourth-order valence-corrected chi connectivity index (χ4v) is 6.36. The van der Waals surface area contributed by atoms with Crippen LogP contribution in [0.3, 0.4) is 0 Å². The van der Waals surface area contributed by atoms with Crippen LogP contribution in [0.25, 0.3) is 0 Å². The van der Waals surface area contributed by atoms with Gasteiger partial charge in [0.05, 0.1) is 13.2 Å². The highest BCUT2D eigenvalue weighted by atomic mass is 16.5. The molecule has 2 aromatic carbocycles. The Morgan fingerprint density at radius 1 is 0.676 bits per heavy atom. The first kappa shape index (κ1) is 28.0. The molecule has 0 fully saturated rings. The summed E-state index contributed by atoms with van der Waals surface area (Å²) in [4.78, 5) is 0. The van der Waals surface area contributed by atoms with E-state index in [0.29, 0.717) is 38.3 Å². The van der Waals surface area contributed by atoms with E-state index in [-0.39, 0.29) is 0 Å². The molecular weight excluding hydrogens is 460 g/mol. The molecule has 0 bridgehead atoms. The topological polar surface area (TPSA) is 36.9 Å². The summed E-state index contributed by atoms with van der Waals surface area (Å²) in [5.74, 6) is 3.14. The maximum Gasteiger partial charge on any atom is 0.130 e. The molecule has 4 nitrogen and oxygen atoms in total. The van der Waals surface area contributed by atoms with Crippen LogP contribution in [-0.2, 0) is 48.4 Å². The number of benzene rings is 2. The lowest BCUT2D eigenvalue weighted by Crippen LogP contribution is -2.20. The van der Waals surface area contributed by atoms with Crippen molar-refractivity contribution in [1.82, 2.24) is 0 Å². The summed E-state index contributed by atoms with van der Waals surface area (Å²) in [5.41, 5.74) is 11.4. The molecule has 0 amide bonds. The Balaban J connectivity index is 1.58. The van der Waals surface area contributed by atoms with E-state index < -0.39 is 0 Å². The third kappa shape index (κ3) is 6.17. The number of hydrogen-bond donors (Lipinski definition) is 0. The predicted molar refractivity (Wildman–Crippen MR) is 151 cm³/mol. The predicted octanol–water partition coefficient (Wildman–Crippen LogP) is 7.83. The fraction of sp³-hybridized carbons (Fsp3) is 0.636. The van der Waals surface area contributed by atoms with Gasteiger partial charge in [0.25, 0.3) is 0 Å². The molecule has 204 valence electrons. The minimum absolute atomic E-state index is 0.430. The largest absolute Gasteiger partial charge is 0.489 e. The highest BCUT2D eigenvalue weighted by Gasteiger charge is 2.29. The smallest absolute Gasteiger partial charge is 0.130 e. The van der Waals surface area contributed by atoms with Crippen LogP contribution in [0.2, 0.25) is 0 Å². The lowest BCUT2D eigenvalue weighted by atomic mass is 9.74. The van der Waals surface area contributed by atoms with Crippen LogP contribution in [0, 0.1) is 0 Å². The van der Waals surface area contributed by atoms with Crippen LogP contribution >= 0.6 is 0 Å². The normalized spacial score (nSPS) is 15.9. The molecule has 2 aromatic rings. The molecule has 37 heavy (non-hydrogen) atoms. The number of rotatable bonds is 12. The molecule has 2 aliphatic rings. The Morgan fingerprint density at radius 3 is 1.57 bits per heavy atom. The Bertz CT molecular complexity index is 991. The van der Waals surface area contributed by atoms with E-state index in [1.807, 2.05) is 0 Å². The lowest BCUT2D eigenvalue weighted by Gasteiger charge is -2.33. The maximum absolute atomic E-state index is 6.67. The zero-order chi connectivity index (χ0) is 26.4. The fourth-order valence-electron chi connectivity index (χ4n) is 6.36. The molecule has 0 heterocycles. The van der Waals surface area contributed by atoms with E-state index in [1.165, 1.54) is 67.4 Å². The second kappa shape index (κ2) is 13.2. The molecule has 0 spiro atoms. The minimum Gasteiger partial charge on any atom is -0.489 e. The summed E-state index contributed by atoms with van der Waals surface area (Å²) < 4.78 is 24.1. The molecule has 1 atom stereocenters. The first-order chi connectivity index (χ1) is 18.0. The molecule has 0 radical (unpaired) electrons. The van der Waals surface area contributed by atoms with Gasteiger partial charge in [-0.1, -0.05) is 27.7 Å². The van der Waals surface area contributed by atoms with Gasteiger partial charge in [-0.25, -0.2) is 0 Å². The van der Waals surface area contributed by atoms with Gasteiger partial charge in [-0.05, 0) is 115 Å². The van der Waals surface area contributed by atoms with E-state index in [0.717, 1.165) is 29.7 Å². The van der Waals surface area contributed by atoms with Gasteiger partial charge >= 0.3 is 0 Å². The number of methoxy groups -OCH3 is 2. The molecular formula is C33H48O4. The second-order valence-corrected chi connectivity index (χ2v) is 11.3. The third-order valence-corrected chi connectivity index (χ3v) is 8.35. The van der Waals surface area contributed by atoms with Crippen LogP contribution in [0.5, 0.6) is 11.5 Å². The van der Waals surface area contributed by atoms with Gasteiger partial charge in [0.15, 0.2) is 0 Å². The van der Waals surface area contributed by atoms with Crippen LogP contribution in [-0.4, -0.2) is 27.4 Å². The third-order valence-electron chi connectivity index (χ3n) is 8.35. The van der Waals surface area contributed by atoms with Crippen molar-refractivity contribution in [3.8, 4) is 11.5 Å². The zero-order valence-electron chi connectivity index (χ0n) is 24.1. The second-order valence-electron chi connectivity index (χ2n) is 11.3. The van der Waals surface area contributed by atoms with Crippen molar-refractivity contribution in [1.29, 1.82) is 0 Å². The summed E-state index contributed by atoms with van der Waals surface area (Å²) in [6.45, 7) is 11.3. The van der Waals surface area contributed by atoms with Gasteiger partial charge in [0.2, 0.25) is 0 Å². The molecule has 0 N–H and O–H groups in total. The van der Waals surface area contributed by atoms with Crippen LogP contribution in [0.15, 0.2) is 12.1 Å². The molecule has 0 aliphatic heterocycles. The highest BCUT2D eigenvalue weighted by Crippen LogP contribution is 2.44. The Kier molecular flexibility index (Phi) is 9.95. The minimum atomic E-state index is 0.430. The monoisotopic (exact) mass is 508 g/mol. The molecule has 4 rings (SSSR count). The van der Waals surface area contributed by atoms with Crippen LogP contribution in [0.1, 0.15) is 116 Å². The quantitative estimate of drug-likeness (QED) is 0.274. The van der Waals surface area contributed by atoms with Crippen molar-refractivity contribution in [2.75, 3.05) is 27.4 Å². The molecule has 0 saturated heterocycles.